The monoisotopic (exact) mass is 467 g/mol. The summed E-state index contributed by atoms with van der Waals surface area (Å²) in [6.45, 7) is 6.74. The summed E-state index contributed by atoms with van der Waals surface area (Å²) in [5, 5.41) is 6.64. The smallest absolute Gasteiger partial charge is 0.191 e. The number of methoxy groups -OCH3 is 1. The van der Waals surface area contributed by atoms with Crippen molar-refractivity contribution >= 4 is 41.7 Å². The summed E-state index contributed by atoms with van der Waals surface area (Å²) < 4.78 is 11.1. The first-order valence-electron chi connectivity index (χ1n) is 7.77. The Morgan fingerprint density at radius 2 is 1.96 bits per heavy atom. The third-order valence-corrected chi connectivity index (χ3v) is 4.63. The van der Waals surface area contributed by atoms with E-state index in [1.54, 1.807) is 14.2 Å². The molecule has 5 nitrogen and oxygen atoms in total. The number of thioether (sulfide) groups is 1. The summed E-state index contributed by atoms with van der Waals surface area (Å²) in [7, 11) is 3.44. The van der Waals surface area contributed by atoms with E-state index in [-0.39, 0.29) is 28.7 Å². The van der Waals surface area contributed by atoms with Gasteiger partial charge in [-0.2, -0.15) is 11.8 Å². The van der Waals surface area contributed by atoms with Crippen LogP contribution >= 0.6 is 35.7 Å². The zero-order valence-electron chi connectivity index (χ0n) is 15.2. The second-order valence-electron chi connectivity index (χ2n) is 5.70. The second-order valence-corrected chi connectivity index (χ2v) is 7.21. The average Bonchev–Trinajstić information content (AvgIpc) is 2.57. The van der Waals surface area contributed by atoms with Gasteiger partial charge in [-0.25, -0.2) is 0 Å². The number of halogens is 1. The van der Waals surface area contributed by atoms with Gasteiger partial charge < -0.3 is 20.1 Å². The molecule has 7 heteroatoms. The number of hydrogen-bond donors (Lipinski definition) is 2. The Morgan fingerprint density at radius 3 is 2.58 bits per heavy atom. The summed E-state index contributed by atoms with van der Waals surface area (Å²) >= 11 is 1.84. The number of hydrogen-bond acceptors (Lipinski definition) is 4. The largest absolute Gasteiger partial charge is 0.497 e. The van der Waals surface area contributed by atoms with Crippen LogP contribution in [0.15, 0.2) is 29.3 Å². The number of rotatable bonds is 9. The minimum Gasteiger partial charge on any atom is -0.497 e. The first-order chi connectivity index (χ1) is 11.0. The van der Waals surface area contributed by atoms with Crippen LogP contribution in [0.5, 0.6) is 11.5 Å². The van der Waals surface area contributed by atoms with Gasteiger partial charge in [0.1, 0.15) is 11.5 Å². The van der Waals surface area contributed by atoms with Crippen LogP contribution in [0.2, 0.25) is 0 Å². The molecule has 1 aromatic rings. The van der Waals surface area contributed by atoms with Crippen LogP contribution in [0.25, 0.3) is 0 Å². The van der Waals surface area contributed by atoms with Crippen molar-refractivity contribution in [2.75, 3.05) is 40.1 Å². The standard InChI is InChI=1S/C17H29N3O2S.HI/c1-17(2,23-5)13-20-16(18-3)19-10-7-11-22-15-9-6-8-14(12-15)21-4;/h6,8-9,12H,7,10-11,13H2,1-5H3,(H2,18,19,20);1H. The van der Waals surface area contributed by atoms with E-state index in [0.29, 0.717) is 6.61 Å². The summed E-state index contributed by atoms with van der Waals surface area (Å²) in [4.78, 5) is 4.23. The molecule has 24 heavy (non-hydrogen) atoms. The van der Waals surface area contributed by atoms with Gasteiger partial charge in [0, 0.05) is 31.0 Å². The quantitative estimate of drug-likeness (QED) is 0.253. The molecule has 0 aliphatic carbocycles. The lowest BCUT2D eigenvalue weighted by Crippen LogP contribution is -2.43. The zero-order chi connectivity index (χ0) is 17.1. The Bertz CT molecular complexity index is 498. The highest BCUT2D eigenvalue weighted by atomic mass is 127. The number of ether oxygens (including phenoxy) is 2. The lowest BCUT2D eigenvalue weighted by molar-refractivity contribution is 0.308. The number of nitrogens with zero attached hydrogens (tertiary/aromatic N) is 1. The highest BCUT2D eigenvalue weighted by Crippen LogP contribution is 2.19. The van der Waals surface area contributed by atoms with Gasteiger partial charge in [0.05, 0.1) is 13.7 Å². The fourth-order valence-electron chi connectivity index (χ4n) is 1.75. The predicted octanol–water partition coefficient (Wildman–Crippen LogP) is 3.39. The molecule has 0 radical (unpaired) electrons. The summed E-state index contributed by atoms with van der Waals surface area (Å²) in [6.07, 6.45) is 3.01. The number of aliphatic imine (C=N–C) groups is 1. The zero-order valence-corrected chi connectivity index (χ0v) is 18.4. The Labute approximate surface area is 167 Å². The molecule has 0 aliphatic heterocycles. The Balaban J connectivity index is 0.00000529. The third kappa shape index (κ3) is 9.46. The Morgan fingerprint density at radius 1 is 1.25 bits per heavy atom. The predicted molar refractivity (Wildman–Crippen MR) is 115 cm³/mol. The van der Waals surface area contributed by atoms with Crippen molar-refractivity contribution < 1.29 is 9.47 Å². The lowest BCUT2D eigenvalue weighted by atomic mass is 10.2. The number of benzene rings is 1. The van der Waals surface area contributed by atoms with E-state index in [9.17, 15) is 0 Å². The number of guanidine groups is 1. The van der Waals surface area contributed by atoms with Crippen molar-refractivity contribution in [1.82, 2.24) is 10.6 Å². The van der Waals surface area contributed by atoms with Crippen molar-refractivity contribution in [2.45, 2.75) is 25.0 Å². The molecule has 1 aromatic carbocycles. The minimum absolute atomic E-state index is 0. The lowest BCUT2D eigenvalue weighted by Gasteiger charge is -2.23. The van der Waals surface area contributed by atoms with Crippen LogP contribution in [0, 0.1) is 0 Å². The normalized spacial score (nSPS) is 11.5. The highest BCUT2D eigenvalue weighted by Gasteiger charge is 2.15. The van der Waals surface area contributed by atoms with Gasteiger partial charge in [-0.1, -0.05) is 6.07 Å². The highest BCUT2D eigenvalue weighted by molar-refractivity contribution is 14.0. The van der Waals surface area contributed by atoms with E-state index in [0.717, 1.165) is 37.0 Å². The molecular weight excluding hydrogens is 437 g/mol. The van der Waals surface area contributed by atoms with Crippen molar-refractivity contribution in [2.24, 2.45) is 4.99 Å². The molecule has 0 atom stereocenters. The first kappa shape index (κ1) is 23.2. The van der Waals surface area contributed by atoms with Gasteiger partial charge in [0.15, 0.2) is 5.96 Å². The third-order valence-electron chi connectivity index (χ3n) is 3.38. The molecule has 0 saturated carbocycles. The van der Waals surface area contributed by atoms with Gasteiger partial charge in [-0.05, 0) is 38.7 Å². The van der Waals surface area contributed by atoms with E-state index in [1.807, 2.05) is 36.0 Å². The molecule has 0 amide bonds. The molecule has 0 unspecified atom stereocenters. The summed E-state index contributed by atoms with van der Waals surface area (Å²) in [5.74, 6) is 2.46. The first-order valence-corrected chi connectivity index (χ1v) is 9.00. The van der Waals surface area contributed by atoms with Crippen molar-refractivity contribution in [3.63, 3.8) is 0 Å². The number of nitrogens with one attached hydrogen (secondary N) is 2. The fraction of sp³-hybridized carbons (Fsp3) is 0.588. The van der Waals surface area contributed by atoms with Crippen molar-refractivity contribution in [3.05, 3.63) is 24.3 Å². The van der Waals surface area contributed by atoms with Gasteiger partial charge in [0.2, 0.25) is 0 Å². The SMILES string of the molecule is CN=C(NCCCOc1cccc(OC)c1)NCC(C)(C)SC.I. The summed E-state index contributed by atoms with van der Waals surface area (Å²) in [6, 6.07) is 7.64. The molecule has 0 bridgehead atoms. The Kier molecular flexibility index (Phi) is 12.1. The van der Waals surface area contributed by atoms with Crippen LogP contribution in [-0.4, -0.2) is 50.8 Å². The van der Waals surface area contributed by atoms with E-state index >= 15 is 0 Å². The van der Waals surface area contributed by atoms with Crippen LogP contribution in [-0.2, 0) is 0 Å². The molecule has 0 saturated heterocycles. The summed E-state index contributed by atoms with van der Waals surface area (Å²) in [5.41, 5.74) is 0. The molecule has 0 heterocycles. The van der Waals surface area contributed by atoms with Crippen LogP contribution in [0.1, 0.15) is 20.3 Å². The van der Waals surface area contributed by atoms with Crippen molar-refractivity contribution in [3.8, 4) is 11.5 Å². The molecule has 0 fully saturated rings. The molecule has 1 rings (SSSR count). The van der Waals surface area contributed by atoms with E-state index in [4.69, 9.17) is 9.47 Å². The van der Waals surface area contributed by atoms with Gasteiger partial charge in [-0.15, -0.1) is 24.0 Å². The van der Waals surface area contributed by atoms with Crippen LogP contribution in [0.3, 0.4) is 0 Å². The maximum Gasteiger partial charge on any atom is 0.191 e. The van der Waals surface area contributed by atoms with Crippen molar-refractivity contribution in [1.29, 1.82) is 0 Å². The van der Waals surface area contributed by atoms with E-state index in [1.165, 1.54) is 0 Å². The van der Waals surface area contributed by atoms with Crippen LogP contribution in [0.4, 0.5) is 0 Å². The average molecular weight is 467 g/mol. The van der Waals surface area contributed by atoms with Gasteiger partial charge in [-0.3, -0.25) is 4.99 Å². The van der Waals surface area contributed by atoms with E-state index in [2.05, 4.69) is 35.7 Å². The van der Waals surface area contributed by atoms with Gasteiger partial charge in [0.25, 0.3) is 0 Å². The molecule has 0 aromatic heterocycles. The minimum atomic E-state index is 0. The Hall–Kier alpha value is -0.830. The second kappa shape index (κ2) is 12.5. The molecule has 0 spiro atoms. The maximum atomic E-state index is 5.71. The van der Waals surface area contributed by atoms with Crippen LogP contribution < -0.4 is 20.1 Å². The molecular formula is C17H30IN3O2S. The fourth-order valence-corrected chi connectivity index (χ4v) is 1.97. The molecule has 0 aliphatic rings. The molecule has 138 valence electrons. The maximum absolute atomic E-state index is 5.71. The van der Waals surface area contributed by atoms with Gasteiger partial charge >= 0.3 is 0 Å². The topological polar surface area (TPSA) is 54.9 Å². The van der Waals surface area contributed by atoms with E-state index < -0.39 is 0 Å². The molecule has 2 N–H and O–H groups in total.